The molecule has 1 aliphatic heterocycles. The van der Waals surface area contributed by atoms with Crippen LogP contribution in [0, 0.1) is 13.8 Å². The molecule has 1 unspecified atom stereocenters. The SMILES string of the molecule is Cc1cc(C)nc(C2CCN(C(=O)c3ccc4nc[nH]c4c3)C2)n1. The molecule has 122 valence electrons. The summed E-state index contributed by atoms with van der Waals surface area (Å²) in [7, 11) is 0. The van der Waals surface area contributed by atoms with Crippen LogP contribution in [0.3, 0.4) is 0 Å². The Morgan fingerprint density at radius 3 is 2.79 bits per heavy atom. The zero-order valence-corrected chi connectivity index (χ0v) is 13.8. The largest absolute Gasteiger partial charge is 0.345 e. The zero-order valence-electron chi connectivity index (χ0n) is 13.8. The molecule has 3 aromatic rings. The summed E-state index contributed by atoms with van der Waals surface area (Å²) < 4.78 is 0. The van der Waals surface area contributed by atoms with Gasteiger partial charge in [0.05, 0.1) is 17.4 Å². The molecule has 1 saturated heterocycles. The van der Waals surface area contributed by atoms with E-state index in [0.29, 0.717) is 12.1 Å². The van der Waals surface area contributed by atoms with Gasteiger partial charge in [-0.1, -0.05) is 0 Å². The quantitative estimate of drug-likeness (QED) is 0.787. The highest BCUT2D eigenvalue weighted by molar-refractivity contribution is 5.97. The van der Waals surface area contributed by atoms with E-state index in [2.05, 4.69) is 19.9 Å². The van der Waals surface area contributed by atoms with E-state index in [9.17, 15) is 4.79 Å². The summed E-state index contributed by atoms with van der Waals surface area (Å²) in [4.78, 5) is 31.0. The molecule has 0 spiro atoms. The van der Waals surface area contributed by atoms with Crippen LogP contribution in [0.1, 0.15) is 39.9 Å². The summed E-state index contributed by atoms with van der Waals surface area (Å²) in [6, 6.07) is 7.55. The van der Waals surface area contributed by atoms with Gasteiger partial charge < -0.3 is 9.88 Å². The molecule has 0 aliphatic carbocycles. The molecule has 1 aliphatic rings. The van der Waals surface area contributed by atoms with Gasteiger partial charge in [0.2, 0.25) is 0 Å². The summed E-state index contributed by atoms with van der Waals surface area (Å²) in [5.41, 5.74) is 4.40. The first-order valence-corrected chi connectivity index (χ1v) is 8.15. The van der Waals surface area contributed by atoms with E-state index < -0.39 is 0 Å². The molecule has 0 bridgehead atoms. The van der Waals surface area contributed by atoms with Gasteiger partial charge in [0.1, 0.15) is 5.82 Å². The van der Waals surface area contributed by atoms with Crippen LogP contribution in [0.5, 0.6) is 0 Å². The van der Waals surface area contributed by atoms with Crippen LogP contribution >= 0.6 is 0 Å². The van der Waals surface area contributed by atoms with Crippen molar-refractivity contribution >= 4 is 16.9 Å². The molecule has 4 rings (SSSR count). The summed E-state index contributed by atoms with van der Waals surface area (Å²) in [5.74, 6) is 1.12. The van der Waals surface area contributed by atoms with Crippen molar-refractivity contribution in [2.75, 3.05) is 13.1 Å². The van der Waals surface area contributed by atoms with Gasteiger partial charge in [0, 0.05) is 36.0 Å². The molecule has 1 aromatic carbocycles. The van der Waals surface area contributed by atoms with E-state index in [0.717, 1.165) is 41.2 Å². The van der Waals surface area contributed by atoms with Gasteiger partial charge in [-0.3, -0.25) is 4.79 Å². The van der Waals surface area contributed by atoms with Crippen LogP contribution in [0.4, 0.5) is 0 Å². The number of amides is 1. The van der Waals surface area contributed by atoms with Crippen molar-refractivity contribution in [3.05, 3.63) is 53.4 Å². The summed E-state index contributed by atoms with van der Waals surface area (Å²) in [6.07, 6.45) is 2.54. The third-order valence-corrected chi connectivity index (χ3v) is 4.51. The van der Waals surface area contributed by atoms with Crippen molar-refractivity contribution in [2.24, 2.45) is 0 Å². The van der Waals surface area contributed by atoms with Crippen LogP contribution in [-0.4, -0.2) is 43.8 Å². The predicted molar refractivity (Wildman–Crippen MR) is 90.9 cm³/mol. The minimum absolute atomic E-state index is 0.0541. The van der Waals surface area contributed by atoms with E-state index >= 15 is 0 Å². The molecule has 1 fully saturated rings. The average molecular weight is 321 g/mol. The number of nitrogens with one attached hydrogen (secondary N) is 1. The Labute approximate surface area is 140 Å². The number of nitrogens with zero attached hydrogens (tertiary/aromatic N) is 4. The fraction of sp³-hybridized carbons (Fsp3) is 0.333. The number of rotatable bonds is 2. The summed E-state index contributed by atoms with van der Waals surface area (Å²) in [6.45, 7) is 5.37. The number of aryl methyl sites for hydroxylation is 2. The Hall–Kier alpha value is -2.76. The van der Waals surface area contributed by atoms with Gasteiger partial charge in [-0.25, -0.2) is 15.0 Å². The lowest BCUT2D eigenvalue weighted by Gasteiger charge is -2.16. The number of H-pyrrole nitrogens is 1. The van der Waals surface area contributed by atoms with Crippen LogP contribution < -0.4 is 0 Å². The Kier molecular flexibility index (Phi) is 3.52. The lowest BCUT2D eigenvalue weighted by molar-refractivity contribution is 0.0790. The maximum absolute atomic E-state index is 12.8. The first-order chi connectivity index (χ1) is 11.6. The smallest absolute Gasteiger partial charge is 0.253 e. The van der Waals surface area contributed by atoms with Gasteiger partial charge in [-0.2, -0.15) is 0 Å². The minimum Gasteiger partial charge on any atom is -0.345 e. The second kappa shape index (κ2) is 5.70. The Balaban J connectivity index is 1.54. The zero-order chi connectivity index (χ0) is 16.7. The van der Waals surface area contributed by atoms with E-state index in [1.165, 1.54) is 0 Å². The topological polar surface area (TPSA) is 74.8 Å². The number of carbonyl (C=O) groups excluding carboxylic acids is 1. The van der Waals surface area contributed by atoms with E-state index in [-0.39, 0.29) is 11.8 Å². The third-order valence-electron chi connectivity index (χ3n) is 4.51. The van der Waals surface area contributed by atoms with Gasteiger partial charge in [-0.15, -0.1) is 0 Å². The molecule has 24 heavy (non-hydrogen) atoms. The number of benzene rings is 1. The lowest BCUT2D eigenvalue weighted by atomic mass is 10.1. The van der Waals surface area contributed by atoms with E-state index in [1.807, 2.05) is 43.0 Å². The summed E-state index contributed by atoms with van der Waals surface area (Å²) in [5, 5.41) is 0. The predicted octanol–water partition coefficient (Wildman–Crippen LogP) is 2.60. The van der Waals surface area contributed by atoms with Crippen LogP contribution in [-0.2, 0) is 0 Å². The first kappa shape index (κ1) is 14.8. The highest BCUT2D eigenvalue weighted by Crippen LogP contribution is 2.26. The highest BCUT2D eigenvalue weighted by Gasteiger charge is 2.30. The minimum atomic E-state index is 0.0541. The monoisotopic (exact) mass is 321 g/mol. The van der Waals surface area contributed by atoms with Gasteiger partial charge >= 0.3 is 0 Å². The second-order valence-corrected chi connectivity index (χ2v) is 6.38. The highest BCUT2D eigenvalue weighted by atomic mass is 16.2. The van der Waals surface area contributed by atoms with Crippen LogP contribution in [0.15, 0.2) is 30.6 Å². The molecular formula is C18H19N5O. The van der Waals surface area contributed by atoms with Crippen LogP contribution in [0.2, 0.25) is 0 Å². The second-order valence-electron chi connectivity index (χ2n) is 6.38. The number of carbonyl (C=O) groups is 1. The molecule has 0 saturated carbocycles. The number of imidazole rings is 1. The van der Waals surface area contributed by atoms with Crippen molar-refractivity contribution in [1.82, 2.24) is 24.8 Å². The molecule has 1 amide bonds. The van der Waals surface area contributed by atoms with Crippen molar-refractivity contribution < 1.29 is 4.79 Å². The fourth-order valence-electron chi connectivity index (χ4n) is 3.34. The number of likely N-dealkylation sites (tertiary alicyclic amines) is 1. The molecule has 2 aromatic heterocycles. The number of hydrogen-bond acceptors (Lipinski definition) is 4. The molecule has 6 nitrogen and oxygen atoms in total. The lowest BCUT2D eigenvalue weighted by Crippen LogP contribution is -2.28. The van der Waals surface area contributed by atoms with Crippen molar-refractivity contribution in [1.29, 1.82) is 0 Å². The Morgan fingerprint density at radius 1 is 1.21 bits per heavy atom. The average Bonchev–Trinajstić information content (AvgIpc) is 3.22. The molecule has 0 radical (unpaired) electrons. The Morgan fingerprint density at radius 2 is 2.00 bits per heavy atom. The van der Waals surface area contributed by atoms with E-state index in [1.54, 1.807) is 6.33 Å². The Bertz CT molecular complexity index is 896. The molecule has 1 atom stereocenters. The molecule has 6 heteroatoms. The maximum atomic E-state index is 12.8. The molecule has 1 N–H and O–H groups in total. The maximum Gasteiger partial charge on any atom is 0.253 e. The first-order valence-electron chi connectivity index (χ1n) is 8.15. The molecular weight excluding hydrogens is 302 g/mol. The van der Waals surface area contributed by atoms with Crippen molar-refractivity contribution in [3.63, 3.8) is 0 Å². The number of hydrogen-bond donors (Lipinski definition) is 1. The third kappa shape index (κ3) is 2.64. The molecule has 3 heterocycles. The van der Waals surface area contributed by atoms with Crippen molar-refractivity contribution in [3.8, 4) is 0 Å². The number of fused-ring (bicyclic) bond motifs is 1. The van der Waals surface area contributed by atoms with E-state index in [4.69, 9.17) is 0 Å². The fourth-order valence-corrected chi connectivity index (χ4v) is 3.34. The standard InChI is InChI=1S/C18H19N5O/c1-11-7-12(2)22-17(21-11)14-5-6-23(9-14)18(24)13-3-4-15-16(8-13)20-10-19-15/h3-4,7-8,10,14H,5-6,9H2,1-2H3,(H,19,20). The normalized spacial score (nSPS) is 17.6. The summed E-state index contributed by atoms with van der Waals surface area (Å²) >= 11 is 0. The van der Waals surface area contributed by atoms with Gasteiger partial charge in [0.15, 0.2) is 0 Å². The van der Waals surface area contributed by atoms with Crippen LogP contribution in [0.25, 0.3) is 11.0 Å². The van der Waals surface area contributed by atoms with Gasteiger partial charge in [-0.05, 0) is 44.5 Å². The van der Waals surface area contributed by atoms with Gasteiger partial charge in [0.25, 0.3) is 5.91 Å². The van der Waals surface area contributed by atoms with Crippen molar-refractivity contribution in [2.45, 2.75) is 26.2 Å². The number of aromatic amines is 1. The number of aromatic nitrogens is 4.